The minimum absolute atomic E-state index is 0.0294. The van der Waals surface area contributed by atoms with Gasteiger partial charge >= 0.3 is 12.0 Å². The van der Waals surface area contributed by atoms with E-state index in [-0.39, 0.29) is 30.8 Å². The molecule has 0 aromatic heterocycles. The molecule has 0 aliphatic carbocycles. The van der Waals surface area contributed by atoms with Gasteiger partial charge in [-0.1, -0.05) is 0 Å². The van der Waals surface area contributed by atoms with Crippen molar-refractivity contribution >= 4 is 17.9 Å². The van der Waals surface area contributed by atoms with Crippen molar-refractivity contribution in [1.82, 2.24) is 14.7 Å². The van der Waals surface area contributed by atoms with Crippen LogP contribution < -0.4 is 0 Å². The fraction of sp³-hybridized carbons (Fsp3) is 0.769. The topological polar surface area (TPSA) is 81.2 Å². The number of likely N-dealkylation sites (tertiary alicyclic amines) is 1. The highest BCUT2D eigenvalue weighted by molar-refractivity contribution is 5.84. The molecular weight excluding hydrogens is 262 g/mol. The summed E-state index contributed by atoms with van der Waals surface area (Å²) in [5, 5.41) is 8.78. The smallest absolute Gasteiger partial charge is 0.320 e. The van der Waals surface area contributed by atoms with Crippen LogP contribution in [0.4, 0.5) is 4.79 Å². The molecule has 2 aliphatic heterocycles. The van der Waals surface area contributed by atoms with Crippen molar-refractivity contribution in [3.05, 3.63) is 0 Å². The first kappa shape index (κ1) is 14.6. The third-order valence-corrected chi connectivity index (χ3v) is 3.96. The summed E-state index contributed by atoms with van der Waals surface area (Å²) >= 11 is 0. The Labute approximate surface area is 118 Å². The molecule has 2 saturated heterocycles. The van der Waals surface area contributed by atoms with E-state index >= 15 is 0 Å². The van der Waals surface area contributed by atoms with Crippen molar-refractivity contribution in [2.24, 2.45) is 5.92 Å². The third kappa shape index (κ3) is 3.40. The summed E-state index contributed by atoms with van der Waals surface area (Å²) in [7, 11) is 1.75. The number of carboxylic acid groups (broad SMARTS) is 1. The van der Waals surface area contributed by atoms with Crippen molar-refractivity contribution in [2.75, 3.05) is 39.8 Å². The van der Waals surface area contributed by atoms with Gasteiger partial charge < -0.3 is 19.8 Å². The number of amides is 3. The third-order valence-electron chi connectivity index (χ3n) is 3.96. The van der Waals surface area contributed by atoms with Crippen LogP contribution in [0.15, 0.2) is 0 Å². The first-order valence-corrected chi connectivity index (χ1v) is 6.97. The standard InChI is InChI=1S/C13H21N3O4/c1-14-4-2-5-15(9-11(14)17)13(20)16-6-3-10(8-16)7-12(18)19/h10H,2-9H2,1H3,(H,18,19). The van der Waals surface area contributed by atoms with E-state index in [0.29, 0.717) is 26.2 Å². The van der Waals surface area contributed by atoms with E-state index in [1.165, 1.54) is 0 Å². The van der Waals surface area contributed by atoms with Gasteiger partial charge in [0.1, 0.15) is 6.54 Å². The van der Waals surface area contributed by atoms with E-state index in [9.17, 15) is 14.4 Å². The van der Waals surface area contributed by atoms with Crippen molar-refractivity contribution in [3.63, 3.8) is 0 Å². The Morgan fingerprint density at radius 3 is 2.70 bits per heavy atom. The van der Waals surface area contributed by atoms with Crippen molar-refractivity contribution in [2.45, 2.75) is 19.3 Å². The fourth-order valence-electron chi connectivity index (χ4n) is 2.77. The summed E-state index contributed by atoms with van der Waals surface area (Å²) < 4.78 is 0. The summed E-state index contributed by atoms with van der Waals surface area (Å²) in [6.07, 6.45) is 1.60. The molecule has 0 saturated carbocycles. The Kier molecular flexibility index (Phi) is 4.46. The van der Waals surface area contributed by atoms with Gasteiger partial charge in [-0.15, -0.1) is 0 Å². The summed E-state index contributed by atoms with van der Waals surface area (Å²) in [6.45, 7) is 2.43. The lowest BCUT2D eigenvalue weighted by molar-refractivity contribution is -0.138. The number of carbonyl (C=O) groups is 3. The highest BCUT2D eigenvalue weighted by Crippen LogP contribution is 2.21. The SMILES string of the molecule is CN1CCCN(C(=O)N2CCC(CC(=O)O)C2)CC1=O. The first-order valence-electron chi connectivity index (χ1n) is 6.97. The van der Waals surface area contributed by atoms with Gasteiger partial charge in [0.2, 0.25) is 5.91 Å². The van der Waals surface area contributed by atoms with Gasteiger partial charge in [-0.25, -0.2) is 4.79 Å². The maximum absolute atomic E-state index is 12.4. The molecule has 1 atom stereocenters. The molecule has 2 heterocycles. The summed E-state index contributed by atoms with van der Waals surface area (Å²) in [4.78, 5) is 39.7. The molecule has 0 radical (unpaired) electrons. The molecule has 20 heavy (non-hydrogen) atoms. The zero-order valence-electron chi connectivity index (χ0n) is 11.7. The van der Waals surface area contributed by atoms with Crippen LogP contribution >= 0.6 is 0 Å². The fourth-order valence-corrected chi connectivity index (χ4v) is 2.77. The lowest BCUT2D eigenvalue weighted by atomic mass is 10.1. The number of likely N-dealkylation sites (N-methyl/N-ethyl adjacent to an activating group) is 1. The highest BCUT2D eigenvalue weighted by atomic mass is 16.4. The Morgan fingerprint density at radius 1 is 1.25 bits per heavy atom. The van der Waals surface area contributed by atoms with E-state index in [1.54, 1.807) is 21.7 Å². The molecule has 0 spiro atoms. The Bertz CT molecular complexity index is 412. The predicted molar refractivity (Wildman–Crippen MR) is 71.2 cm³/mol. The van der Waals surface area contributed by atoms with Crippen molar-refractivity contribution < 1.29 is 19.5 Å². The predicted octanol–water partition coefficient (Wildman–Crippen LogP) is 0.0671. The molecular formula is C13H21N3O4. The number of nitrogens with zero attached hydrogens (tertiary/aromatic N) is 3. The molecule has 7 heteroatoms. The van der Waals surface area contributed by atoms with Crippen molar-refractivity contribution in [3.8, 4) is 0 Å². The second-order valence-electron chi connectivity index (χ2n) is 5.57. The molecule has 2 rings (SSSR count). The normalized spacial score (nSPS) is 23.9. The molecule has 7 nitrogen and oxygen atoms in total. The van der Waals surface area contributed by atoms with E-state index in [4.69, 9.17) is 5.11 Å². The number of hydrogen-bond donors (Lipinski definition) is 1. The van der Waals surface area contributed by atoms with Gasteiger partial charge in [-0.2, -0.15) is 0 Å². The average Bonchev–Trinajstić information content (AvgIpc) is 2.76. The van der Waals surface area contributed by atoms with Crippen LogP contribution in [0, 0.1) is 5.92 Å². The van der Waals surface area contributed by atoms with E-state index in [2.05, 4.69) is 0 Å². The van der Waals surface area contributed by atoms with Crippen LogP contribution in [0.3, 0.4) is 0 Å². The first-order chi connectivity index (χ1) is 9.47. The molecule has 0 aromatic rings. The minimum atomic E-state index is -0.823. The Balaban J connectivity index is 1.91. The van der Waals surface area contributed by atoms with Crippen LogP contribution in [0.1, 0.15) is 19.3 Å². The number of carbonyl (C=O) groups excluding carboxylic acids is 2. The monoisotopic (exact) mass is 283 g/mol. The van der Waals surface area contributed by atoms with Gasteiger partial charge in [0.25, 0.3) is 0 Å². The van der Waals surface area contributed by atoms with Crippen LogP contribution in [0.2, 0.25) is 0 Å². The Hall–Kier alpha value is -1.79. The maximum Gasteiger partial charge on any atom is 0.320 e. The van der Waals surface area contributed by atoms with Gasteiger partial charge in [0.05, 0.1) is 0 Å². The van der Waals surface area contributed by atoms with Gasteiger partial charge in [0.15, 0.2) is 0 Å². The maximum atomic E-state index is 12.4. The summed E-state index contributed by atoms with van der Waals surface area (Å²) in [5.41, 5.74) is 0. The molecule has 0 bridgehead atoms. The zero-order chi connectivity index (χ0) is 14.7. The van der Waals surface area contributed by atoms with Crippen LogP contribution in [-0.2, 0) is 9.59 Å². The number of hydrogen-bond acceptors (Lipinski definition) is 3. The molecule has 2 fully saturated rings. The number of aliphatic carboxylic acids is 1. The van der Waals surface area contributed by atoms with Gasteiger partial charge in [-0.05, 0) is 18.8 Å². The zero-order valence-corrected chi connectivity index (χ0v) is 11.7. The van der Waals surface area contributed by atoms with Gasteiger partial charge in [0, 0.05) is 39.6 Å². The molecule has 1 unspecified atom stereocenters. The largest absolute Gasteiger partial charge is 0.481 e. The average molecular weight is 283 g/mol. The second-order valence-corrected chi connectivity index (χ2v) is 5.57. The van der Waals surface area contributed by atoms with Crippen LogP contribution in [-0.4, -0.2) is 77.5 Å². The minimum Gasteiger partial charge on any atom is -0.481 e. The van der Waals surface area contributed by atoms with Crippen molar-refractivity contribution in [1.29, 1.82) is 0 Å². The lowest BCUT2D eigenvalue weighted by Gasteiger charge is -2.26. The summed E-state index contributed by atoms with van der Waals surface area (Å²) in [5.74, 6) is -0.838. The van der Waals surface area contributed by atoms with E-state index in [1.807, 2.05) is 0 Å². The molecule has 3 amide bonds. The number of rotatable bonds is 2. The van der Waals surface area contributed by atoms with Gasteiger partial charge in [-0.3, -0.25) is 9.59 Å². The molecule has 1 N–H and O–H groups in total. The number of carboxylic acids is 1. The summed E-state index contributed by atoms with van der Waals surface area (Å²) in [6, 6.07) is -0.137. The quantitative estimate of drug-likeness (QED) is 0.777. The molecule has 0 aromatic carbocycles. The Morgan fingerprint density at radius 2 is 2.00 bits per heavy atom. The van der Waals surface area contributed by atoms with E-state index < -0.39 is 5.97 Å². The second kappa shape index (κ2) is 6.11. The van der Waals surface area contributed by atoms with E-state index in [0.717, 1.165) is 12.8 Å². The molecule has 2 aliphatic rings. The lowest BCUT2D eigenvalue weighted by Crippen LogP contribution is -2.45. The highest BCUT2D eigenvalue weighted by Gasteiger charge is 2.32. The van der Waals surface area contributed by atoms with Crippen LogP contribution in [0.25, 0.3) is 0 Å². The van der Waals surface area contributed by atoms with Crippen LogP contribution in [0.5, 0.6) is 0 Å². The number of urea groups is 1. The molecule has 112 valence electrons.